The molecule has 98 valence electrons. The van der Waals surface area contributed by atoms with Crippen LogP contribution in [0.5, 0.6) is 0 Å². The van der Waals surface area contributed by atoms with E-state index >= 15 is 0 Å². The lowest BCUT2D eigenvalue weighted by atomic mass is 10.1. The van der Waals surface area contributed by atoms with Crippen molar-refractivity contribution in [1.29, 1.82) is 0 Å². The Labute approximate surface area is 121 Å². The number of rotatable bonds is 2. The van der Waals surface area contributed by atoms with Crippen LogP contribution in [0, 0.1) is 6.92 Å². The maximum atomic E-state index is 11.1. The van der Waals surface area contributed by atoms with Crippen LogP contribution in [-0.4, -0.2) is 4.98 Å². The Hall–Kier alpha value is -1.37. The minimum absolute atomic E-state index is 0.223. The number of benzene rings is 1. The van der Waals surface area contributed by atoms with E-state index < -0.39 is 5.76 Å². The Morgan fingerprint density at radius 2 is 2.21 bits per heavy atom. The Bertz CT molecular complexity index is 783. The average molecular weight is 339 g/mol. The van der Waals surface area contributed by atoms with E-state index in [4.69, 9.17) is 10.2 Å². The number of aromatic nitrogens is 1. The van der Waals surface area contributed by atoms with Crippen LogP contribution < -0.4 is 11.5 Å². The predicted molar refractivity (Wildman–Crippen MR) is 79.6 cm³/mol. The topological polar surface area (TPSA) is 72.0 Å². The first-order valence-electron chi connectivity index (χ1n) is 5.69. The van der Waals surface area contributed by atoms with Gasteiger partial charge in [0, 0.05) is 4.88 Å². The Balaban J connectivity index is 2.05. The van der Waals surface area contributed by atoms with Gasteiger partial charge in [-0.25, -0.2) is 4.79 Å². The molecule has 2 heterocycles. The molecule has 2 aromatic heterocycles. The SMILES string of the molecule is Cc1cc(C(N)c2ccc3[nH]c(=O)oc3c2)sc1Br. The van der Waals surface area contributed by atoms with E-state index in [0.29, 0.717) is 11.1 Å². The lowest BCUT2D eigenvalue weighted by Crippen LogP contribution is -2.09. The Kier molecular flexibility index (Phi) is 3.08. The first-order chi connectivity index (χ1) is 9.04. The molecular formula is C13H11BrN2O2S. The molecule has 4 nitrogen and oxygen atoms in total. The zero-order chi connectivity index (χ0) is 13.6. The molecule has 0 aliphatic carbocycles. The molecule has 0 aliphatic heterocycles. The molecule has 0 fully saturated rings. The number of aryl methyl sites for hydroxylation is 1. The molecule has 0 bridgehead atoms. The van der Waals surface area contributed by atoms with Crippen LogP contribution >= 0.6 is 27.3 Å². The van der Waals surface area contributed by atoms with Crippen LogP contribution in [-0.2, 0) is 0 Å². The number of hydrogen-bond acceptors (Lipinski definition) is 4. The van der Waals surface area contributed by atoms with Gasteiger partial charge in [-0.05, 0) is 52.2 Å². The zero-order valence-corrected chi connectivity index (χ0v) is 12.5. The van der Waals surface area contributed by atoms with Crippen LogP contribution in [0.3, 0.4) is 0 Å². The molecule has 0 spiro atoms. The summed E-state index contributed by atoms with van der Waals surface area (Å²) in [6.45, 7) is 2.03. The lowest BCUT2D eigenvalue weighted by molar-refractivity contribution is 0.555. The van der Waals surface area contributed by atoms with Crippen molar-refractivity contribution in [3.63, 3.8) is 0 Å². The molecule has 6 heteroatoms. The maximum absolute atomic E-state index is 11.1. The molecule has 0 amide bonds. The summed E-state index contributed by atoms with van der Waals surface area (Å²) < 4.78 is 6.14. The van der Waals surface area contributed by atoms with Gasteiger partial charge in [-0.15, -0.1) is 11.3 Å². The minimum atomic E-state index is -0.449. The zero-order valence-electron chi connectivity index (χ0n) is 10.1. The van der Waals surface area contributed by atoms with Crippen LogP contribution in [0.25, 0.3) is 11.1 Å². The normalized spacial score (nSPS) is 13.0. The lowest BCUT2D eigenvalue weighted by Gasteiger charge is -2.09. The number of nitrogens with one attached hydrogen (secondary N) is 1. The summed E-state index contributed by atoms with van der Waals surface area (Å²) in [5.41, 5.74) is 9.56. The molecule has 1 aromatic carbocycles. The molecule has 1 unspecified atom stereocenters. The highest BCUT2D eigenvalue weighted by molar-refractivity contribution is 9.11. The summed E-state index contributed by atoms with van der Waals surface area (Å²) in [4.78, 5) is 14.8. The fourth-order valence-electron chi connectivity index (χ4n) is 1.96. The van der Waals surface area contributed by atoms with Gasteiger partial charge >= 0.3 is 5.76 Å². The molecule has 3 aromatic rings. The second-order valence-electron chi connectivity index (χ2n) is 4.35. The Morgan fingerprint density at radius 1 is 1.42 bits per heavy atom. The molecule has 0 aliphatic rings. The van der Waals surface area contributed by atoms with Crippen molar-refractivity contribution >= 4 is 38.4 Å². The largest absolute Gasteiger partial charge is 0.417 e. The van der Waals surface area contributed by atoms with E-state index in [1.807, 2.05) is 19.1 Å². The number of aromatic amines is 1. The number of H-pyrrole nitrogens is 1. The molecule has 0 saturated heterocycles. The van der Waals surface area contributed by atoms with Gasteiger partial charge in [0.2, 0.25) is 0 Å². The first kappa shape index (κ1) is 12.7. The third-order valence-corrected chi connectivity index (χ3v) is 5.21. The molecule has 1 atom stereocenters. The van der Waals surface area contributed by atoms with Crippen molar-refractivity contribution in [1.82, 2.24) is 4.98 Å². The number of thiophene rings is 1. The van der Waals surface area contributed by atoms with Gasteiger partial charge in [-0.2, -0.15) is 0 Å². The fraction of sp³-hybridized carbons (Fsp3) is 0.154. The van der Waals surface area contributed by atoms with Crippen molar-refractivity contribution in [2.24, 2.45) is 5.73 Å². The second kappa shape index (κ2) is 4.63. The van der Waals surface area contributed by atoms with Gasteiger partial charge in [0.1, 0.15) is 0 Å². The second-order valence-corrected chi connectivity index (χ2v) is 6.75. The summed E-state index contributed by atoms with van der Waals surface area (Å²) in [6.07, 6.45) is 0. The molecule has 3 rings (SSSR count). The first-order valence-corrected chi connectivity index (χ1v) is 7.30. The Morgan fingerprint density at radius 3 is 2.89 bits per heavy atom. The van der Waals surface area contributed by atoms with E-state index in [2.05, 4.69) is 27.0 Å². The van der Waals surface area contributed by atoms with Gasteiger partial charge in [0.25, 0.3) is 0 Å². The quantitative estimate of drug-likeness (QED) is 0.752. The number of hydrogen-bond donors (Lipinski definition) is 2. The van der Waals surface area contributed by atoms with Crippen LogP contribution in [0.2, 0.25) is 0 Å². The monoisotopic (exact) mass is 338 g/mol. The van der Waals surface area contributed by atoms with Gasteiger partial charge in [0.05, 0.1) is 15.3 Å². The number of nitrogens with two attached hydrogens (primary N) is 1. The van der Waals surface area contributed by atoms with E-state index in [9.17, 15) is 4.79 Å². The molecule has 19 heavy (non-hydrogen) atoms. The van der Waals surface area contributed by atoms with Crippen molar-refractivity contribution in [3.8, 4) is 0 Å². The highest BCUT2D eigenvalue weighted by Gasteiger charge is 2.14. The fourth-order valence-corrected chi connectivity index (χ4v) is 3.56. The van der Waals surface area contributed by atoms with Crippen LogP contribution in [0.1, 0.15) is 22.0 Å². The third kappa shape index (κ3) is 2.27. The van der Waals surface area contributed by atoms with Gasteiger partial charge < -0.3 is 10.2 Å². The number of halogens is 1. The highest BCUT2D eigenvalue weighted by atomic mass is 79.9. The molecule has 0 radical (unpaired) electrons. The molecular weight excluding hydrogens is 328 g/mol. The summed E-state index contributed by atoms with van der Waals surface area (Å²) in [5, 5.41) is 0. The van der Waals surface area contributed by atoms with Crippen molar-refractivity contribution in [2.75, 3.05) is 0 Å². The van der Waals surface area contributed by atoms with E-state index in [0.717, 1.165) is 14.2 Å². The van der Waals surface area contributed by atoms with Crippen LogP contribution in [0.4, 0.5) is 0 Å². The summed E-state index contributed by atoms with van der Waals surface area (Å²) in [6, 6.07) is 7.36. The van der Waals surface area contributed by atoms with E-state index in [1.165, 1.54) is 5.56 Å². The minimum Gasteiger partial charge on any atom is -0.408 e. The smallest absolute Gasteiger partial charge is 0.408 e. The standard InChI is InChI=1S/C13H11BrN2O2S/c1-6-4-10(19-12(6)14)11(15)7-2-3-8-9(5-7)18-13(17)16-8/h2-5,11H,15H2,1H3,(H,16,17). The number of fused-ring (bicyclic) bond motifs is 1. The van der Waals surface area contributed by atoms with E-state index in [1.54, 1.807) is 17.4 Å². The van der Waals surface area contributed by atoms with Crippen molar-refractivity contribution < 1.29 is 4.42 Å². The highest BCUT2D eigenvalue weighted by Crippen LogP contribution is 2.33. The predicted octanol–water partition coefficient (Wildman–Crippen LogP) is 3.30. The van der Waals surface area contributed by atoms with Gasteiger partial charge in [-0.3, -0.25) is 4.98 Å². The van der Waals surface area contributed by atoms with Crippen molar-refractivity contribution in [2.45, 2.75) is 13.0 Å². The summed E-state index contributed by atoms with van der Waals surface area (Å²) in [7, 11) is 0. The summed E-state index contributed by atoms with van der Waals surface area (Å²) >= 11 is 5.12. The third-order valence-electron chi connectivity index (χ3n) is 2.99. The maximum Gasteiger partial charge on any atom is 0.417 e. The molecule has 0 saturated carbocycles. The van der Waals surface area contributed by atoms with Gasteiger partial charge in [-0.1, -0.05) is 6.07 Å². The average Bonchev–Trinajstić information content (AvgIpc) is 2.90. The molecule has 3 N–H and O–H groups in total. The van der Waals surface area contributed by atoms with Crippen LogP contribution in [0.15, 0.2) is 37.3 Å². The van der Waals surface area contributed by atoms with Crippen molar-refractivity contribution in [3.05, 3.63) is 54.6 Å². The number of oxazole rings is 1. The summed E-state index contributed by atoms with van der Waals surface area (Å²) in [5.74, 6) is -0.449. The van der Waals surface area contributed by atoms with E-state index in [-0.39, 0.29) is 6.04 Å². The van der Waals surface area contributed by atoms with Gasteiger partial charge in [0.15, 0.2) is 5.58 Å².